The van der Waals surface area contributed by atoms with E-state index in [-0.39, 0.29) is 12.5 Å². The second-order valence-electron chi connectivity index (χ2n) is 6.47. The highest BCUT2D eigenvalue weighted by atomic mass is 35.5. The maximum atomic E-state index is 12.5. The number of nitrogens with zero attached hydrogens (tertiary/aromatic N) is 2. The van der Waals surface area contributed by atoms with Crippen LogP contribution in [0, 0.1) is 13.8 Å². The molecule has 1 heterocycles. The molecule has 2 aromatic carbocycles. The zero-order chi connectivity index (χ0) is 20.1. The maximum Gasteiger partial charge on any atom is 0.261 e. The van der Waals surface area contributed by atoms with Crippen LogP contribution in [0.2, 0.25) is 5.02 Å². The van der Waals surface area contributed by atoms with E-state index in [1.807, 2.05) is 51.1 Å². The molecule has 0 fully saturated rings. The molecule has 3 aromatic rings. The molecule has 1 N–H and O–H groups in total. The van der Waals surface area contributed by atoms with Crippen molar-refractivity contribution in [1.82, 2.24) is 15.5 Å². The number of nitrogens with one attached hydrogen (secondary N) is 1. The van der Waals surface area contributed by atoms with Crippen molar-refractivity contribution in [1.29, 1.82) is 0 Å². The van der Waals surface area contributed by atoms with Crippen LogP contribution < -0.4 is 10.1 Å². The number of aromatic nitrogens is 2. The van der Waals surface area contributed by atoms with Crippen LogP contribution in [0.4, 0.5) is 0 Å². The van der Waals surface area contributed by atoms with E-state index in [1.165, 1.54) is 5.56 Å². The lowest BCUT2D eigenvalue weighted by molar-refractivity contribution is -0.128. The van der Waals surface area contributed by atoms with Gasteiger partial charge in [0.15, 0.2) is 6.10 Å². The molecule has 0 aliphatic carbocycles. The van der Waals surface area contributed by atoms with Gasteiger partial charge in [0.1, 0.15) is 5.75 Å². The molecule has 6 nitrogen and oxygen atoms in total. The van der Waals surface area contributed by atoms with Crippen LogP contribution in [-0.4, -0.2) is 22.2 Å². The molecule has 0 radical (unpaired) electrons. The zero-order valence-electron chi connectivity index (χ0n) is 16.0. The van der Waals surface area contributed by atoms with Crippen LogP contribution in [0.5, 0.6) is 5.75 Å². The second-order valence-corrected chi connectivity index (χ2v) is 6.88. The summed E-state index contributed by atoms with van der Waals surface area (Å²) in [5.74, 6) is 1.11. The van der Waals surface area contributed by atoms with E-state index in [2.05, 4.69) is 15.5 Å². The lowest BCUT2D eigenvalue weighted by Crippen LogP contribution is -2.37. The van der Waals surface area contributed by atoms with Crippen molar-refractivity contribution in [2.24, 2.45) is 0 Å². The first-order chi connectivity index (χ1) is 13.5. The van der Waals surface area contributed by atoms with E-state index in [0.717, 1.165) is 5.56 Å². The summed E-state index contributed by atoms with van der Waals surface area (Å²) in [7, 11) is 0. The van der Waals surface area contributed by atoms with Gasteiger partial charge in [0, 0.05) is 5.56 Å². The number of carbonyl (C=O) groups excluding carboxylic acids is 1. The smallest absolute Gasteiger partial charge is 0.261 e. The number of rotatable bonds is 7. The van der Waals surface area contributed by atoms with Crippen LogP contribution >= 0.6 is 11.6 Å². The van der Waals surface area contributed by atoms with Crippen LogP contribution in [0.15, 0.2) is 47.0 Å². The molecule has 0 spiro atoms. The summed E-state index contributed by atoms with van der Waals surface area (Å²) in [4.78, 5) is 16.8. The van der Waals surface area contributed by atoms with E-state index in [1.54, 1.807) is 12.1 Å². The van der Waals surface area contributed by atoms with Crippen LogP contribution in [-0.2, 0) is 11.3 Å². The molecular weight excluding hydrogens is 378 g/mol. The second kappa shape index (κ2) is 8.89. The number of benzene rings is 2. The minimum absolute atomic E-state index is 0.114. The van der Waals surface area contributed by atoms with Crippen LogP contribution in [0.1, 0.15) is 30.4 Å². The van der Waals surface area contributed by atoms with Gasteiger partial charge < -0.3 is 14.6 Å². The molecule has 1 aromatic heterocycles. The number of aryl methyl sites for hydroxylation is 2. The summed E-state index contributed by atoms with van der Waals surface area (Å²) in [6.07, 6.45) is -0.0685. The third kappa shape index (κ3) is 4.70. The zero-order valence-corrected chi connectivity index (χ0v) is 16.8. The van der Waals surface area contributed by atoms with Gasteiger partial charge in [0.05, 0.1) is 11.6 Å². The normalized spacial score (nSPS) is 11.9. The van der Waals surface area contributed by atoms with Crippen molar-refractivity contribution in [2.75, 3.05) is 0 Å². The Morgan fingerprint density at radius 3 is 2.71 bits per heavy atom. The number of carbonyl (C=O) groups is 1. The van der Waals surface area contributed by atoms with Crippen molar-refractivity contribution in [3.8, 4) is 17.1 Å². The highest BCUT2D eigenvalue weighted by molar-refractivity contribution is 6.33. The average Bonchev–Trinajstić information content (AvgIpc) is 3.16. The van der Waals surface area contributed by atoms with Gasteiger partial charge in [-0.2, -0.15) is 4.98 Å². The fourth-order valence-corrected chi connectivity index (χ4v) is 2.85. The predicted molar refractivity (Wildman–Crippen MR) is 107 cm³/mol. The van der Waals surface area contributed by atoms with Gasteiger partial charge in [-0.15, -0.1) is 0 Å². The molecule has 1 atom stereocenters. The average molecular weight is 400 g/mol. The quantitative estimate of drug-likeness (QED) is 0.633. The molecule has 7 heteroatoms. The highest BCUT2D eigenvalue weighted by Crippen LogP contribution is 2.24. The lowest BCUT2D eigenvalue weighted by Gasteiger charge is -2.17. The minimum atomic E-state index is -0.604. The number of amides is 1. The van der Waals surface area contributed by atoms with Gasteiger partial charge in [0.25, 0.3) is 5.91 Å². The standard InChI is InChI=1S/C21H22ClN3O3/c1-4-18(27-15-10-9-13(2)14(3)11-15)21(26)23-12-19-24-20(25-28-19)16-7-5-6-8-17(16)22/h5-11,18H,4,12H2,1-3H3,(H,23,26)/t18-/m0/s1. The summed E-state index contributed by atoms with van der Waals surface area (Å²) in [5, 5.41) is 7.24. The molecule has 0 aliphatic rings. The first-order valence-corrected chi connectivity index (χ1v) is 9.44. The fraction of sp³-hybridized carbons (Fsp3) is 0.286. The Labute approximate surface area is 168 Å². The molecule has 1 amide bonds. The van der Waals surface area contributed by atoms with Crippen molar-refractivity contribution in [3.05, 3.63) is 64.5 Å². The molecule has 0 saturated carbocycles. The highest BCUT2D eigenvalue weighted by Gasteiger charge is 2.20. The fourth-order valence-electron chi connectivity index (χ4n) is 2.63. The summed E-state index contributed by atoms with van der Waals surface area (Å²) in [6, 6.07) is 13.0. The molecule has 0 aliphatic heterocycles. The molecule has 0 unspecified atom stereocenters. The Morgan fingerprint density at radius 2 is 2.00 bits per heavy atom. The van der Waals surface area contributed by atoms with E-state index < -0.39 is 6.10 Å². The first kappa shape index (κ1) is 19.9. The van der Waals surface area contributed by atoms with Gasteiger partial charge in [-0.3, -0.25) is 4.79 Å². The van der Waals surface area contributed by atoms with Gasteiger partial charge in [-0.05, 0) is 55.7 Å². The summed E-state index contributed by atoms with van der Waals surface area (Å²) >= 11 is 6.15. The molecular formula is C21H22ClN3O3. The monoisotopic (exact) mass is 399 g/mol. The van der Waals surface area contributed by atoms with E-state index in [0.29, 0.717) is 34.5 Å². The minimum Gasteiger partial charge on any atom is -0.481 e. The van der Waals surface area contributed by atoms with Crippen molar-refractivity contribution >= 4 is 17.5 Å². The van der Waals surface area contributed by atoms with Crippen molar-refractivity contribution < 1.29 is 14.1 Å². The number of ether oxygens (including phenoxy) is 1. The largest absolute Gasteiger partial charge is 0.481 e. The molecule has 0 bridgehead atoms. The van der Waals surface area contributed by atoms with Gasteiger partial charge >= 0.3 is 0 Å². The number of halogens is 1. The van der Waals surface area contributed by atoms with Gasteiger partial charge in [0.2, 0.25) is 11.7 Å². The van der Waals surface area contributed by atoms with Gasteiger partial charge in [-0.1, -0.05) is 41.9 Å². The molecule has 146 valence electrons. The number of hydrogen-bond acceptors (Lipinski definition) is 5. The Hall–Kier alpha value is -2.86. The topological polar surface area (TPSA) is 77.2 Å². The van der Waals surface area contributed by atoms with E-state index in [9.17, 15) is 4.79 Å². The maximum absolute atomic E-state index is 12.5. The third-order valence-electron chi connectivity index (χ3n) is 4.42. The lowest BCUT2D eigenvalue weighted by atomic mass is 10.1. The first-order valence-electron chi connectivity index (χ1n) is 9.07. The van der Waals surface area contributed by atoms with E-state index >= 15 is 0 Å². The molecule has 3 rings (SSSR count). The summed E-state index contributed by atoms with van der Waals surface area (Å²) in [6.45, 7) is 6.05. The Kier molecular flexibility index (Phi) is 6.31. The summed E-state index contributed by atoms with van der Waals surface area (Å²) < 4.78 is 11.1. The van der Waals surface area contributed by atoms with Crippen molar-refractivity contribution in [3.63, 3.8) is 0 Å². The van der Waals surface area contributed by atoms with E-state index in [4.69, 9.17) is 20.9 Å². The molecule has 0 saturated heterocycles. The Bertz CT molecular complexity index is 971. The number of hydrogen-bond donors (Lipinski definition) is 1. The molecule has 28 heavy (non-hydrogen) atoms. The Morgan fingerprint density at radius 1 is 1.21 bits per heavy atom. The van der Waals surface area contributed by atoms with Crippen molar-refractivity contribution in [2.45, 2.75) is 39.8 Å². The third-order valence-corrected chi connectivity index (χ3v) is 4.75. The predicted octanol–water partition coefficient (Wildman–Crippen LogP) is 4.48. The summed E-state index contributed by atoms with van der Waals surface area (Å²) in [5.41, 5.74) is 2.97. The van der Waals surface area contributed by atoms with Crippen LogP contribution in [0.3, 0.4) is 0 Å². The van der Waals surface area contributed by atoms with Gasteiger partial charge in [-0.25, -0.2) is 0 Å². The Balaban J connectivity index is 1.61. The SMILES string of the molecule is CC[C@H](Oc1ccc(C)c(C)c1)C(=O)NCc1nc(-c2ccccc2Cl)no1. The van der Waals surface area contributed by atoms with Crippen LogP contribution in [0.25, 0.3) is 11.4 Å².